The van der Waals surface area contributed by atoms with Gasteiger partial charge in [0.2, 0.25) is 0 Å². The van der Waals surface area contributed by atoms with Crippen LogP contribution in [0, 0.1) is 0 Å². The van der Waals surface area contributed by atoms with E-state index >= 15 is 0 Å². The predicted molar refractivity (Wildman–Crippen MR) is 324 cm³/mol. The van der Waals surface area contributed by atoms with E-state index in [4.69, 9.17) is 18.5 Å². The van der Waals surface area contributed by atoms with Gasteiger partial charge >= 0.3 is 11.9 Å². The summed E-state index contributed by atoms with van der Waals surface area (Å²) in [5.41, 5.74) is 0. The molecular weight excluding hydrogens is 966 g/mol. The van der Waals surface area contributed by atoms with Gasteiger partial charge in [0.1, 0.15) is 19.8 Å². The molecule has 0 aromatic rings. The minimum absolute atomic E-state index is 0.0334. The van der Waals surface area contributed by atoms with Crippen molar-refractivity contribution in [3.05, 3.63) is 36.5 Å². The molecule has 0 fully saturated rings. The summed E-state index contributed by atoms with van der Waals surface area (Å²) in [5.74, 6) is -0.840. The van der Waals surface area contributed by atoms with Gasteiger partial charge < -0.3 is 27.9 Å². The van der Waals surface area contributed by atoms with E-state index in [2.05, 4.69) is 50.3 Å². The number of phosphoric acid groups is 1. The average Bonchev–Trinajstić information content (AvgIpc) is 3.38. The van der Waals surface area contributed by atoms with Crippen LogP contribution in [0.4, 0.5) is 0 Å². The number of hydrogen-bond donors (Lipinski definition) is 0. The summed E-state index contributed by atoms with van der Waals surface area (Å²) in [5, 5.41) is 0. The highest BCUT2D eigenvalue weighted by Crippen LogP contribution is 2.38. The number of quaternary nitrogens is 1. The summed E-state index contributed by atoms with van der Waals surface area (Å²) in [6.45, 7) is 4.15. The second kappa shape index (κ2) is 57.9. The molecule has 0 saturated heterocycles. The molecule has 0 radical (unpaired) electrons. The van der Waals surface area contributed by atoms with Gasteiger partial charge in [0.25, 0.3) is 7.82 Å². The first kappa shape index (κ1) is 74.2. The minimum atomic E-state index is -4.64. The number of hydrogen-bond acceptors (Lipinski definition) is 8. The first-order valence-electron chi connectivity index (χ1n) is 32.7. The van der Waals surface area contributed by atoms with Gasteiger partial charge in [0.05, 0.1) is 27.7 Å². The largest absolute Gasteiger partial charge is 0.756 e. The number of rotatable bonds is 61. The lowest BCUT2D eigenvalue weighted by Crippen LogP contribution is -2.37. The summed E-state index contributed by atoms with van der Waals surface area (Å²) in [4.78, 5) is 37.8. The van der Waals surface area contributed by atoms with Crippen LogP contribution in [0.1, 0.15) is 322 Å². The van der Waals surface area contributed by atoms with Crippen LogP contribution >= 0.6 is 7.82 Å². The van der Waals surface area contributed by atoms with Crippen LogP contribution in [0.3, 0.4) is 0 Å². The van der Waals surface area contributed by atoms with Gasteiger partial charge in [-0.15, -0.1) is 0 Å². The van der Waals surface area contributed by atoms with Crippen molar-refractivity contribution in [3.63, 3.8) is 0 Å². The van der Waals surface area contributed by atoms with Gasteiger partial charge in [-0.2, -0.15) is 0 Å². The molecule has 76 heavy (non-hydrogen) atoms. The predicted octanol–water partition coefficient (Wildman–Crippen LogP) is 20.1. The van der Waals surface area contributed by atoms with Crippen molar-refractivity contribution >= 4 is 19.8 Å². The maximum atomic E-state index is 12.8. The molecule has 0 aliphatic rings. The third-order valence-electron chi connectivity index (χ3n) is 14.7. The van der Waals surface area contributed by atoms with Gasteiger partial charge in [0, 0.05) is 12.8 Å². The molecule has 0 bridgehead atoms. The van der Waals surface area contributed by atoms with E-state index < -0.39 is 26.5 Å². The number of carbonyl (C=O) groups is 2. The zero-order valence-corrected chi connectivity index (χ0v) is 51.9. The summed E-state index contributed by atoms with van der Waals surface area (Å²) < 4.78 is 34.1. The average molecular weight is 1090 g/mol. The van der Waals surface area contributed by atoms with E-state index in [9.17, 15) is 19.0 Å². The Labute approximate surface area is 471 Å². The van der Waals surface area contributed by atoms with E-state index in [-0.39, 0.29) is 32.0 Å². The molecule has 9 nitrogen and oxygen atoms in total. The van der Waals surface area contributed by atoms with Crippen molar-refractivity contribution in [3.8, 4) is 0 Å². The molecule has 2 unspecified atom stereocenters. The molecule has 0 rings (SSSR count). The van der Waals surface area contributed by atoms with Crippen molar-refractivity contribution in [2.75, 3.05) is 47.5 Å². The molecule has 0 aromatic heterocycles. The van der Waals surface area contributed by atoms with E-state index in [0.29, 0.717) is 17.4 Å². The Morgan fingerprint density at radius 2 is 0.750 bits per heavy atom. The topological polar surface area (TPSA) is 111 Å². The number of allylic oxidation sites excluding steroid dienone is 6. The standard InChI is InChI=1S/C66H126NO8P/c1-6-8-10-12-14-16-18-20-22-23-24-25-26-27-28-29-30-31-32-33-34-35-36-37-38-39-40-41-42-43-45-46-48-50-52-54-56-58-65(68)72-62-64(63-74-76(70,71)73-61-60-67(3,4)5)75-66(69)59-57-55-53-51-49-47-44-21-19-17-15-13-11-9-7-2/h9,11,15,17,21,44,64H,6-8,10,12-14,16,18-20,22-43,45-63H2,1-5H3/b11-9-,17-15-,44-21-. The summed E-state index contributed by atoms with van der Waals surface area (Å²) in [6.07, 6.45) is 72.5. The number of nitrogens with zero attached hydrogens (tertiary/aromatic N) is 1. The quantitative estimate of drug-likeness (QED) is 0.0195. The van der Waals surface area contributed by atoms with E-state index in [1.165, 1.54) is 218 Å². The van der Waals surface area contributed by atoms with Crippen molar-refractivity contribution in [1.82, 2.24) is 0 Å². The van der Waals surface area contributed by atoms with Crippen LogP contribution in [-0.2, 0) is 32.7 Å². The Balaban J connectivity index is 3.88. The lowest BCUT2D eigenvalue weighted by atomic mass is 10.0. The molecular formula is C66H126NO8P. The summed E-state index contributed by atoms with van der Waals surface area (Å²) in [7, 11) is 1.16. The lowest BCUT2D eigenvalue weighted by molar-refractivity contribution is -0.870. The molecule has 0 spiro atoms. The SMILES string of the molecule is CC/C=C\C/C=C\C/C=C\CCCCCCCC(=O)OC(COC(=O)CCCCCCCCCCCCCCCCCCCCCCCCCCCCCCCCCCCCCCC)COP(=O)([O-])OCC[N+](C)(C)C. The summed E-state index contributed by atoms with van der Waals surface area (Å²) in [6, 6.07) is 0. The van der Waals surface area contributed by atoms with Gasteiger partial charge in [-0.3, -0.25) is 14.2 Å². The van der Waals surface area contributed by atoms with Gasteiger partial charge in [0.15, 0.2) is 6.10 Å². The molecule has 0 amide bonds. The monoisotopic (exact) mass is 1090 g/mol. The molecule has 0 aliphatic carbocycles. The van der Waals surface area contributed by atoms with Crippen LogP contribution < -0.4 is 4.89 Å². The Kier molecular flexibility index (Phi) is 56.6. The minimum Gasteiger partial charge on any atom is -0.756 e. The maximum absolute atomic E-state index is 12.8. The molecule has 10 heteroatoms. The van der Waals surface area contributed by atoms with E-state index in [1.54, 1.807) is 0 Å². The molecule has 0 aromatic carbocycles. The molecule has 0 saturated carbocycles. The lowest BCUT2D eigenvalue weighted by Gasteiger charge is -2.28. The van der Waals surface area contributed by atoms with Crippen LogP contribution in [0.5, 0.6) is 0 Å². The Morgan fingerprint density at radius 3 is 1.12 bits per heavy atom. The highest BCUT2D eigenvalue weighted by Gasteiger charge is 2.22. The second-order valence-corrected chi connectivity index (χ2v) is 24.9. The van der Waals surface area contributed by atoms with Crippen LogP contribution in [0.2, 0.25) is 0 Å². The highest BCUT2D eigenvalue weighted by molar-refractivity contribution is 7.45. The third kappa shape index (κ3) is 61.4. The van der Waals surface area contributed by atoms with Gasteiger partial charge in [-0.1, -0.05) is 301 Å². The maximum Gasteiger partial charge on any atom is 0.306 e. The van der Waals surface area contributed by atoms with Gasteiger partial charge in [-0.05, 0) is 44.9 Å². The number of phosphoric ester groups is 1. The fourth-order valence-corrected chi connectivity index (χ4v) is 10.4. The van der Waals surface area contributed by atoms with E-state index in [1.807, 2.05) is 21.1 Å². The second-order valence-electron chi connectivity index (χ2n) is 23.5. The molecule has 448 valence electrons. The number of ether oxygens (including phenoxy) is 2. The normalized spacial score (nSPS) is 13.4. The van der Waals surface area contributed by atoms with Crippen LogP contribution in [0.25, 0.3) is 0 Å². The number of esters is 2. The Bertz CT molecular complexity index is 1380. The van der Waals surface area contributed by atoms with Crippen molar-refractivity contribution in [1.29, 1.82) is 0 Å². The molecule has 2 atom stereocenters. The number of carbonyl (C=O) groups excluding carboxylic acids is 2. The van der Waals surface area contributed by atoms with Crippen LogP contribution in [-0.4, -0.2) is 70.0 Å². The molecule has 0 N–H and O–H groups in total. The van der Waals surface area contributed by atoms with Crippen molar-refractivity contribution < 1.29 is 42.1 Å². The first-order valence-corrected chi connectivity index (χ1v) is 34.2. The highest BCUT2D eigenvalue weighted by atomic mass is 31.2. The summed E-state index contributed by atoms with van der Waals surface area (Å²) >= 11 is 0. The molecule has 0 aliphatic heterocycles. The van der Waals surface area contributed by atoms with E-state index in [0.717, 1.165) is 70.6 Å². The number of unbranched alkanes of at least 4 members (excludes halogenated alkanes) is 41. The Morgan fingerprint density at radius 1 is 0.421 bits per heavy atom. The third-order valence-corrected chi connectivity index (χ3v) is 15.6. The van der Waals surface area contributed by atoms with Crippen molar-refractivity contribution in [2.45, 2.75) is 328 Å². The fourth-order valence-electron chi connectivity index (χ4n) is 9.68. The number of likely N-dealkylation sites (N-methyl/N-ethyl adjacent to an activating group) is 1. The van der Waals surface area contributed by atoms with Gasteiger partial charge in [-0.25, -0.2) is 0 Å². The molecule has 0 heterocycles. The zero-order chi connectivity index (χ0) is 55.6. The zero-order valence-electron chi connectivity index (χ0n) is 51.0. The first-order chi connectivity index (χ1) is 37.0. The fraction of sp³-hybridized carbons (Fsp3) is 0.879. The van der Waals surface area contributed by atoms with Crippen LogP contribution in [0.15, 0.2) is 36.5 Å². The van der Waals surface area contributed by atoms with Crippen molar-refractivity contribution in [2.24, 2.45) is 0 Å². The smallest absolute Gasteiger partial charge is 0.306 e. The Hall–Kier alpha value is -1.77.